The zero-order valence-electron chi connectivity index (χ0n) is 17.5. The summed E-state index contributed by atoms with van der Waals surface area (Å²) >= 11 is 0. The Morgan fingerprint density at radius 1 is 1.10 bits per heavy atom. The second-order valence-electron chi connectivity index (χ2n) is 8.57. The highest BCUT2D eigenvalue weighted by Gasteiger charge is 2.29. The quantitative estimate of drug-likeness (QED) is 0.691. The van der Waals surface area contributed by atoms with Crippen LogP contribution in [0.1, 0.15) is 52.5 Å². The average molecular weight is 408 g/mol. The summed E-state index contributed by atoms with van der Waals surface area (Å²) in [5.74, 6) is -0.402. The molecule has 2 aliphatic heterocycles. The molecule has 4 rings (SSSR count). The zero-order valence-corrected chi connectivity index (χ0v) is 17.5. The highest BCUT2D eigenvalue weighted by Crippen LogP contribution is 2.28. The van der Waals surface area contributed by atoms with E-state index in [2.05, 4.69) is 53.2 Å². The Labute approximate surface area is 177 Å². The molecule has 2 heterocycles. The lowest BCUT2D eigenvalue weighted by molar-refractivity contribution is 0.0879. The van der Waals surface area contributed by atoms with E-state index in [9.17, 15) is 14.7 Å². The van der Waals surface area contributed by atoms with Crippen molar-refractivity contribution >= 4 is 17.5 Å². The van der Waals surface area contributed by atoms with Crippen molar-refractivity contribution in [1.29, 1.82) is 0 Å². The van der Waals surface area contributed by atoms with Crippen LogP contribution in [0.25, 0.3) is 0 Å². The molecule has 30 heavy (non-hydrogen) atoms. The minimum atomic E-state index is -0.328. The van der Waals surface area contributed by atoms with Gasteiger partial charge in [0.2, 0.25) is 0 Å². The molecule has 0 bridgehead atoms. The molecule has 2 atom stereocenters. The van der Waals surface area contributed by atoms with Gasteiger partial charge in [-0.2, -0.15) is 0 Å². The number of hydrogen-bond donors (Lipinski definition) is 2. The second kappa shape index (κ2) is 8.58. The molecule has 0 unspecified atom stereocenters. The summed E-state index contributed by atoms with van der Waals surface area (Å²) in [4.78, 5) is 28.7. The van der Waals surface area contributed by atoms with Crippen LogP contribution >= 0.6 is 0 Å². The monoisotopic (exact) mass is 407 g/mol. The number of carbonyl (C=O) groups is 2. The molecule has 0 spiro atoms. The zero-order chi connectivity index (χ0) is 21.3. The van der Waals surface area contributed by atoms with E-state index < -0.39 is 0 Å². The molecule has 2 aliphatic rings. The Kier molecular flexibility index (Phi) is 5.88. The Morgan fingerprint density at radius 2 is 1.83 bits per heavy atom. The third-order valence-corrected chi connectivity index (χ3v) is 6.09. The molecular formula is C24H29N3O3. The third kappa shape index (κ3) is 4.25. The molecule has 1 fully saturated rings. The summed E-state index contributed by atoms with van der Waals surface area (Å²) in [5.41, 5.74) is 3.09. The van der Waals surface area contributed by atoms with Gasteiger partial charge in [-0.1, -0.05) is 30.3 Å². The molecule has 158 valence electrons. The van der Waals surface area contributed by atoms with E-state index in [1.807, 2.05) is 18.2 Å². The van der Waals surface area contributed by atoms with Crippen LogP contribution in [-0.4, -0.2) is 60.1 Å². The van der Waals surface area contributed by atoms with Crippen molar-refractivity contribution in [3.63, 3.8) is 0 Å². The van der Waals surface area contributed by atoms with Gasteiger partial charge >= 0.3 is 0 Å². The maximum Gasteiger partial charge on any atom is 0.259 e. The first kappa shape index (κ1) is 20.6. The minimum absolute atomic E-state index is 0.221. The van der Waals surface area contributed by atoms with Crippen LogP contribution < -0.4 is 10.2 Å². The number of fused-ring (bicyclic) bond motifs is 1. The number of likely N-dealkylation sites (tertiary alicyclic amines) is 1. The van der Waals surface area contributed by atoms with Crippen LogP contribution in [0.2, 0.25) is 0 Å². The molecule has 2 amide bonds. The van der Waals surface area contributed by atoms with Crippen molar-refractivity contribution in [2.75, 3.05) is 31.1 Å². The molecule has 1 saturated heterocycles. The van der Waals surface area contributed by atoms with Gasteiger partial charge in [-0.25, -0.2) is 0 Å². The molecule has 2 aromatic carbocycles. The van der Waals surface area contributed by atoms with E-state index >= 15 is 0 Å². The Balaban J connectivity index is 1.61. The van der Waals surface area contributed by atoms with Gasteiger partial charge < -0.3 is 10.0 Å². The Bertz CT molecular complexity index is 929. The van der Waals surface area contributed by atoms with Crippen molar-refractivity contribution in [2.45, 2.75) is 38.3 Å². The number of rotatable bonds is 7. The van der Waals surface area contributed by atoms with E-state index in [0.29, 0.717) is 17.7 Å². The van der Waals surface area contributed by atoms with Gasteiger partial charge in [0.05, 0.1) is 17.2 Å². The van der Waals surface area contributed by atoms with Gasteiger partial charge in [-0.15, -0.1) is 0 Å². The van der Waals surface area contributed by atoms with Gasteiger partial charge in [0.25, 0.3) is 11.8 Å². The number of benzene rings is 2. The van der Waals surface area contributed by atoms with Crippen molar-refractivity contribution in [2.24, 2.45) is 0 Å². The van der Waals surface area contributed by atoms with Crippen LogP contribution in [0, 0.1) is 0 Å². The van der Waals surface area contributed by atoms with Gasteiger partial charge in [0.15, 0.2) is 0 Å². The average Bonchev–Trinajstić information content (AvgIpc) is 3.27. The number of anilines is 1. The van der Waals surface area contributed by atoms with Gasteiger partial charge in [-0.05, 0) is 44.0 Å². The Hall–Kier alpha value is -2.70. The molecule has 0 aromatic heterocycles. The standard InChI is InChI=1S/C24H29N3O3/c1-16(2)27(19-8-9-21-22(12-19)24(30)25-23(21)29)14-18(17-6-4-3-5-7-17)13-26-11-10-20(28)15-26/h3-9,12,16,18,20,28H,10-11,13-15H2,1-2H3,(H,25,29,30)/t18-,20-/m0/s1. The van der Waals surface area contributed by atoms with Gasteiger partial charge in [0, 0.05) is 43.8 Å². The number of nitrogens with one attached hydrogen (secondary N) is 1. The summed E-state index contributed by atoms with van der Waals surface area (Å²) in [6.07, 6.45) is 0.582. The highest BCUT2D eigenvalue weighted by atomic mass is 16.3. The lowest BCUT2D eigenvalue weighted by Crippen LogP contribution is -2.39. The summed E-state index contributed by atoms with van der Waals surface area (Å²) in [5, 5.41) is 12.3. The van der Waals surface area contributed by atoms with E-state index in [4.69, 9.17) is 0 Å². The molecule has 2 aromatic rings. The first-order valence-electron chi connectivity index (χ1n) is 10.6. The summed E-state index contributed by atoms with van der Waals surface area (Å²) in [6, 6.07) is 16.2. The number of amides is 2. The SMILES string of the molecule is CC(C)N(C[C@H](CN1CC[C@H](O)C1)c1ccccc1)c1ccc2c(c1)C(=O)NC2=O. The van der Waals surface area contributed by atoms with E-state index in [-0.39, 0.29) is 29.9 Å². The number of aliphatic hydroxyl groups is 1. The van der Waals surface area contributed by atoms with Crippen molar-refractivity contribution in [3.05, 3.63) is 65.2 Å². The van der Waals surface area contributed by atoms with Crippen LogP contribution in [0.3, 0.4) is 0 Å². The topological polar surface area (TPSA) is 72.9 Å². The fourth-order valence-corrected chi connectivity index (χ4v) is 4.47. The largest absolute Gasteiger partial charge is 0.392 e. The van der Waals surface area contributed by atoms with E-state index in [1.165, 1.54) is 5.56 Å². The van der Waals surface area contributed by atoms with E-state index in [0.717, 1.165) is 31.7 Å². The highest BCUT2D eigenvalue weighted by molar-refractivity contribution is 6.21. The first-order chi connectivity index (χ1) is 14.4. The summed E-state index contributed by atoms with van der Waals surface area (Å²) in [6.45, 7) is 7.55. The molecule has 2 N–H and O–H groups in total. The predicted molar refractivity (Wildman–Crippen MR) is 117 cm³/mol. The fourth-order valence-electron chi connectivity index (χ4n) is 4.47. The van der Waals surface area contributed by atoms with Gasteiger partial charge in [0.1, 0.15) is 0 Å². The molecule has 0 radical (unpaired) electrons. The Morgan fingerprint density at radius 3 is 2.50 bits per heavy atom. The molecule has 0 aliphatic carbocycles. The fraction of sp³-hybridized carbons (Fsp3) is 0.417. The minimum Gasteiger partial charge on any atom is -0.392 e. The third-order valence-electron chi connectivity index (χ3n) is 6.09. The number of carbonyl (C=O) groups excluding carboxylic acids is 2. The summed E-state index contributed by atoms with van der Waals surface area (Å²) < 4.78 is 0. The van der Waals surface area contributed by atoms with E-state index in [1.54, 1.807) is 6.07 Å². The maximum atomic E-state index is 12.1. The van der Waals surface area contributed by atoms with Crippen molar-refractivity contribution < 1.29 is 14.7 Å². The lowest BCUT2D eigenvalue weighted by Gasteiger charge is -2.35. The second-order valence-corrected chi connectivity index (χ2v) is 8.57. The normalized spacial score (nSPS) is 19.8. The number of imide groups is 1. The molecular weight excluding hydrogens is 378 g/mol. The summed E-state index contributed by atoms with van der Waals surface area (Å²) in [7, 11) is 0. The maximum absolute atomic E-state index is 12.1. The molecule has 0 saturated carbocycles. The molecule has 6 heteroatoms. The van der Waals surface area contributed by atoms with Crippen LogP contribution in [0.15, 0.2) is 48.5 Å². The predicted octanol–water partition coefficient (Wildman–Crippen LogP) is 2.64. The number of nitrogens with zero attached hydrogens (tertiary/aromatic N) is 2. The molecule has 6 nitrogen and oxygen atoms in total. The van der Waals surface area contributed by atoms with Crippen molar-refractivity contribution in [1.82, 2.24) is 10.2 Å². The number of hydrogen-bond acceptors (Lipinski definition) is 5. The first-order valence-corrected chi connectivity index (χ1v) is 10.6. The van der Waals surface area contributed by atoms with Crippen LogP contribution in [0.4, 0.5) is 5.69 Å². The van der Waals surface area contributed by atoms with Gasteiger partial charge in [-0.3, -0.25) is 19.8 Å². The van der Waals surface area contributed by atoms with Crippen LogP contribution in [0.5, 0.6) is 0 Å². The number of aliphatic hydroxyl groups excluding tert-OH is 1. The van der Waals surface area contributed by atoms with Crippen LogP contribution in [-0.2, 0) is 0 Å². The lowest BCUT2D eigenvalue weighted by atomic mass is 9.96. The number of β-amino-alcohol motifs (C(OH)–C–C–N with tert-alkyl or cyclic N) is 1. The smallest absolute Gasteiger partial charge is 0.259 e. The van der Waals surface area contributed by atoms with Crippen molar-refractivity contribution in [3.8, 4) is 0 Å².